The van der Waals surface area contributed by atoms with Gasteiger partial charge in [0, 0.05) is 118 Å². The van der Waals surface area contributed by atoms with Gasteiger partial charge in [0.25, 0.3) is 0 Å². The summed E-state index contributed by atoms with van der Waals surface area (Å²) < 4.78 is 55.2. The molecule has 0 N–H and O–H groups in total. The number of carbonyl (C=O) groups is 5. The van der Waals surface area contributed by atoms with E-state index >= 15 is 0 Å². The first-order valence-electron chi connectivity index (χ1n) is 41.7. The van der Waals surface area contributed by atoms with E-state index in [1.54, 1.807) is 114 Å². The van der Waals surface area contributed by atoms with Gasteiger partial charge in [-0.05, 0) is 249 Å². The second-order valence-electron chi connectivity index (χ2n) is 32.0. The minimum Gasteiger partial charge on any atom is -0.493 e. The zero-order valence-corrected chi connectivity index (χ0v) is 72.3. The predicted octanol–water partition coefficient (Wildman–Crippen LogP) is 17.5. The van der Waals surface area contributed by atoms with Crippen molar-refractivity contribution in [1.82, 2.24) is 19.9 Å². The summed E-state index contributed by atoms with van der Waals surface area (Å²) in [6.07, 6.45) is 25.3. The topological polar surface area (TPSA) is 223 Å². The molecule has 4 aromatic heterocycles. The minimum absolute atomic E-state index is 0.0146. The molecule has 122 heavy (non-hydrogen) atoms. The van der Waals surface area contributed by atoms with Gasteiger partial charge in [-0.15, -0.1) is 0 Å². The van der Waals surface area contributed by atoms with E-state index in [-0.39, 0.29) is 52.6 Å². The third-order valence-corrected chi connectivity index (χ3v) is 23.9. The van der Waals surface area contributed by atoms with Crippen LogP contribution in [0, 0.1) is 35.0 Å². The number of pyridine rings is 4. The Morgan fingerprint density at radius 2 is 0.721 bits per heavy atom. The standard InChI is InChI=1S/C24H29NO3.C24H24NO3.C18H19NO3.C17H17NO3.C12H14O3.C7H9N/c2*1-27-22-14-19-13-20(24(26)21(19)15-23(22)28-2)12-17-8-10-25(11-9-17)16-18-6-4-3-5-7-18;1-18(10-12-4-6-19-7-5-12)11-13-8-15(21-2)16(22-3)9-14(13)17(18)20;1-20-15-9-12-8-13(7-11-3-5-18-6-4-11)17(19)14(12)10-16(15)21-2;1-7-4-8-5-10(14-2)11(15-3)6-9(8)12(7)13;1-2-7-3-5-8-6-4-7/h3-7,14-15,17,20H,8-13,16H2,1-2H3;3-11,14-15,20H,12-13,16H2,1-2H3;4-9H,10-11H2,1-3H3;3-6,9-10,13H,7-8H2,1-2H3;5-7H,4H2,1-3H3;3-6H,2H2,1H3/q;+1;;;;. The van der Waals surface area contributed by atoms with E-state index in [1.807, 2.05) is 111 Å². The number of ketones is 5. The van der Waals surface area contributed by atoms with Crippen LogP contribution in [0.3, 0.4) is 0 Å². The van der Waals surface area contributed by atoms with Crippen molar-refractivity contribution in [1.29, 1.82) is 0 Å². The minimum atomic E-state index is -0.430. The average molecular weight is 1650 g/mol. The van der Waals surface area contributed by atoms with E-state index in [0.29, 0.717) is 76.3 Å². The molecule has 0 radical (unpaired) electrons. The SMILES string of the molecule is CCc1ccncc1.COc1cc2c(cc1OC)C(=O)C(C)(Cc1ccncc1)C2.COc1cc2c(cc1OC)C(=O)C(C)C2.COc1cc2c(cc1OC)C(=O)C(CC1CCN(Cc3ccccc3)CC1)C2.COc1cc2c(cc1OC)C(=O)C(Cc1cc[n+](Cc3ccccc3)cc1)C2.COc1cc2c(cc1OC)C(=O)C(Cc1ccncc1)C2. The van der Waals surface area contributed by atoms with Crippen LogP contribution in [0.25, 0.3) is 0 Å². The quantitative estimate of drug-likeness (QED) is 0.0543. The molecule has 1 saturated heterocycles. The number of aromatic nitrogens is 4. The fourth-order valence-corrected chi connectivity index (χ4v) is 17.3. The van der Waals surface area contributed by atoms with Gasteiger partial charge in [0.2, 0.25) is 0 Å². The van der Waals surface area contributed by atoms with Crippen LogP contribution in [0.1, 0.15) is 153 Å². The van der Waals surface area contributed by atoms with E-state index in [2.05, 4.69) is 110 Å². The smallest absolute Gasteiger partial charge is 0.173 e. The highest BCUT2D eigenvalue weighted by atomic mass is 16.5. The first kappa shape index (κ1) is 88.7. The summed E-state index contributed by atoms with van der Waals surface area (Å²) >= 11 is 0. The number of methoxy groups -OCH3 is 10. The normalized spacial score (nSPS) is 17.5. The largest absolute Gasteiger partial charge is 0.493 e. The predicted molar refractivity (Wildman–Crippen MR) is 470 cm³/mol. The van der Waals surface area contributed by atoms with Crippen molar-refractivity contribution in [2.75, 3.05) is 84.2 Å². The van der Waals surface area contributed by atoms with Crippen LogP contribution < -0.4 is 51.9 Å². The molecule has 17 rings (SSSR count). The Bertz CT molecular complexity index is 5400. The molecular weight excluding hydrogens is 1540 g/mol. The highest BCUT2D eigenvalue weighted by Gasteiger charge is 2.43. The molecule has 1 fully saturated rings. The number of hydrogen-bond acceptors (Lipinski definition) is 19. The van der Waals surface area contributed by atoms with Crippen molar-refractivity contribution in [3.63, 3.8) is 0 Å². The van der Waals surface area contributed by atoms with E-state index in [0.717, 1.165) is 144 Å². The van der Waals surface area contributed by atoms with Gasteiger partial charge in [0.1, 0.15) is 0 Å². The molecule has 0 saturated carbocycles. The molecule has 0 bridgehead atoms. The van der Waals surface area contributed by atoms with Crippen LogP contribution in [0.5, 0.6) is 57.5 Å². The molecule has 5 unspecified atom stereocenters. The maximum atomic E-state index is 12.9. The molecule has 6 aliphatic rings. The summed E-state index contributed by atoms with van der Waals surface area (Å²) in [4.78, 5) is 77.5. The number of rotatable bonds is 23. The van der Waals surface area contributed by atoms with Crippen molar-refractivity contribution in [3.05, 3.63) is 308 Å². The number of ether oxygens (including phenoxy) is 10. The number of hydrogen-bond donors (Lipinski definition) is 0. The van der Waals surface area contributed by atoms with Crippen LogP contribution in [0.15, 0.2) is 219 Å². The summed E-state index contributed by atoms with van der Waals surface area (Å²) in [5, 5.41) is 0. The molecule has 0 spiro atoms. The van der Waals surface area contributed by atoms with Crippen molar-refractivity contribution in [2.45, 2.75) is 111 Å². The number of nitrogens with zero attached hydrogens (tertiary/aromatic N) is 5. The molecule has 11 aromatic rings. The number of piperidine rings is 1. The second kappa shape index (κ2) is 42.1. The highest BCUT2D eigenvalue weighted by Crippen LogP contribution is 2.46. The van der Waals surface area contributed by atoms with Crippen molar-refractivity contribution in [2.24, 2.45) is 35.0 Å². The molecule has 634 valence electrons. The van der Waals surface area contributed by atoms with Crippen LogP contribution in [-0.4, -0.2) is 133 Å². The molecule has 5 aliphatic carbocycles. The van der Waals surface area contributed by atoms with Gasteiger partial charge in [0.15, 0.2) is 105 Å². The summed E-state index contributed by atoms with van der Waals surface area (Å²) in [5.74, 6) is 8.31. The average Bonchev–Trinajstić information content (AvgIpc) is 1.60. The van der Waals surface area contributed by atoms with E-state index in [9.17, 15) is 24.0 Å². The van der Waals surface area contributed by atoms with Gasteiger partial charge in [-0.3, -0.25) is 43.8 Å². The van der Waals surface area contributed by atoms with E-state index < -0.39 is 5.41 Å². The van der Waals surface area contributed by atoms with Crippen LogP contribution >= 0.6 is 0 Å². The van der Waals surface area contributed by atoms with Gasteiger partial charge in [-0.2, -0.15) is 0 Å². The molecule has 1 aliphatic heterocycles. The Morgan fingerprint density at radius 1 is 0.377 bits per heavy atom. The zero-order valence-electron chi connectivity index (χ0n) is 72.3. The lowest BCUT2D eigenvalue weighted by Crippen LogP contribution is -2.34. The Balaban J connectivity index is 0.000000138. The number of aryl methyl sites for hydroxylation is 1. The van der Waals surface area contributed by atoms with E-state index in [4.69, 9.17) is 47.4 Å². The van der Waals surface area contributed by atoms with Crippen molar-refractivity contribution < 1.29 is 75.9 Å². The molecule has 5 heterocycles. The van der Waals surface area contributed by atoms with E-state index in [1.165, 1.54) is 35.1 Å². The summed E-state index contributed by atoms with van der Waals surface area (Å²) in [7, 11) is 16.0. The fourth-order valence-electron chi connectivity index (χ4n) is 17.3. The monoisotopic (exact) mass is 1650 g/mol. The molecular formula is C102H112N5O15+. The van der Waals surface area contributed by atoms with Gasteiger partial charge >= 0.3 is 0 Å². The van der Waals surface area contributed by atoms with Crippen LogP contribution in [-0.2, 0) is 70.9 Å². The lowest BCUT2D eigenvalue weighted by molar-refractivity contribution is -0.688. The zero-order chi connectivity index (χ0) is 86.4. The maximum absolute atomic E-state index is 12.9. The number of likely N-dealkylation sites (tertiary alicyclic amines) is 1. The number of fused-ring (bicyclic) bond motifs is 5. The first-order valence-corrected chi connectivity index (χ1v) is 41.7. The fraction of sp³-hybridized carbons (Fsp3) is 0.343. The Hall–Kier alpha value is -12.6. The van der Waals surface area contributed by atoms with Gasteiger partial charge in [-0.1, -0.05) is 81.4 Å². The third-order valence-electron chi connectivity index (χ3n) is 23.9. The number of Topliss-reactive ketones (excluding diaryl/α,β-unsaturated/α-hetero) is 5. The molecule has 20 nitrogen and oxygen atoms in total. The third kappa shape index (κ3) is 21.6. The lowest BCUT2D eigenvalue weighted by Gasteiger charge is -2.32. The van der Waals surface area contributed by atoms with Gasteiger partial charge in [0.05, 0.1) is 71.1 Å². The maximum Gasteiger partial charge on any atom is 0.173 e. The lowest BCUT2D eigenvalue weighted by atomic mass is 9.80. The van der Waals surface area contributed by atoms with Gasteiger partial charge < -0.3 is 47.4 Å². The van der Waals surface area contributed by atoms with Crippen molar-refractivity contribution >= 4 is 28.9 Å². The number of carbonyl (C=O) groups excluding carboxylic acids is 5. The summed E-state index contributed by atoms with van der Waals surface area (Å²) in [5.41, 5.74) is 16.1. The van der Waals surface area contributed by atoms with Gasteiger partial charge in [-0.25, -0.2) is 4.57 Å². The number of benzene rings is 7. The molecule has 20 heteroatoms. The van der Waals surface area contributed by atoms with Crippen LogP contribution in [0.4, 0.5) is 0 Å². The molecule has 5 atom stereocenters. The first-order chi connectivity index (χ1) is 59.2. The van der Waals surface area contributed by atoms with Crippen molar-refractivity contribution in [3.8, 4) is 57.5 Å². The summed E-state index contributed by atoms with van der Waals surface area (Å²) in [6, 6.07) is 55.9. The molecule has 0 amide bonds. The second-order valence-corrected chi connectivity index (χ2v) is 32.0. The Labute approximate surface area is 716 Å². The Kier molecular flexibility index (Phi) is 30.6. The van der Waals surface area contributed by atoms with Crippen LogP contribution in [0.2, 0.25) is 0 Å². The Morgan fingerprint density at radius 3 is 1.13 bits per heavy atom. The molecule has 7 aromatic carbocycles. The summed E-state index contributed by atoms with van der Waals surface area (Å²) in [6.45, 7) is 10.2. The highest BCUT2D eigenvalue weighted by molar-refractivity contribution is 6.06.